The highest BCUT2D eigenvalue weighted by molar-refractivity contribution is 5.82. The number of carboxylic acid groups (broad SMARTS) is 1. The van der Waals surface area contributed by atoms with Gasteiger partial charge in [-0.2, -0.15) is 0 Å². The predicted molar refractivity (Wildman–Crippen MR) is 69.6 cm³/mol. The maximum atomic E-state index is 13.6. The monoisotopic (exact) mass is 284 g/mol. The van der Waals surface area contributed by atoms with Gasteiger partial charge in [0.25, 0.3) is 0 Å². The van der Waals surface area contributed by atoms with Gasteiger partial charge in [0.15, 0.2) is 6.04 Å². The SMILES string of the molecule is CC(c1ccccc1F)N(C)C(=O)N[C@@H](CO)C(=O)O. The lowest BCUT2D eigenvalue weighted by Crippen LogP contribution is -2.49. The van der Waals surface area contributed by atoms with Crippen LogP contribution in [0.3, 0.4) is 0 Å². The number of aliphatic hydroxyl groups excluding tert-OH is 1. The Kier molecular flexibility index (Phi) is 5.45. The van der Waals surface area contributed by atoms with Crippen LogP contribution in [-0.2, 0) is 4.79 Å². The van der Waals surface area contributed by atoms with Gasteiger partial charge in [-0.25, -0.2) is 14.0 Å². The summed E-state index contributed by atoms with van der Waals surface area (Å²) >= 11 is 0. The van der Waals surface area contributed by atoms with Gasteiger partial charge in [-0.05, 0) is 13.0 Å². The standard InChI is InChI=1S/C13H17FN2O4/c1-8(9-5-3-4-6-10(9)14)16(2)13(20)15-11(7-17)12(18)19/h3-6,8,11,17H,7H2,1-2H3,(H,15,20)(H,18,19)/t8?,11-/m0/s1. The number of halogens is 1. The lowest BCUT2D eigenvalue weighted by Gasteiger charge is -2.27. The third-order valence-electron chi connectivity index (χ3n) is 3.03. The molecule has 20 heavy (non-hydrogen) atoms. The summed E-state index contributed by atoms with van der Waals surface area (Å²) in [7, 11) is 1.42. The van der Waals surface area contributed by atoms with Gasteiger partial charge in [0.1, 0.15) is 5.82 Å². The van der Waals surface area contributed by atoms with Gasteiger partial charge in [-0.1, -0.05) is 18.2 Å². The molecule has 7 heteroatoms. The number of aliphatic carboxylic acids is 1. The van der Waals surface area contributed by atoms with E-state index in [2.05, 4.69) is 5.32 Å². The molecule has 6 nitrogen and oxygen atoms in total. The van der Waals surface area contributed by atoms with Gasteiger partial charge >= 0.3 is 12.0 Å². The number of nitrogens with zero attached hydrogens (tertiary/aromatic N) is 1. The van der Waals surface area contributed by atoms with E-state index in [4.69, 9.17) is 10.2 Å². The highest BCUT2D eigenvalue weighted by Crippen LogP contribution is 2.21. The molecule has 0 fully saturated rings. The molecule has 0 aliphatic rings. The molecule has 1 unspecified atom stereocenters. The van der Waals surface area contributed by atoms with Crippen molar-refractivity contribution in [2.45, 2.75) is 19.0 Å². The summed E-state index contributed by atoms with van der Waals surface area (Å²) in [4.78, 5) is 23.8. The summed E-state index contributed by atoms with van der Waals surface area (Å²) in [5.74, 6) is -1.79. The Morgan fingerprint density at radius 3 is 2.50 bits per heavy atom. The van der Waals surface area contributed by atoms with Crippen LogP contribution in [0, 0.1) is 5.82 Å². The number of carboxylic acids is 1. The molecule has 3 N–H and O–H groups in total. The second kappa shape index (κ2) is 6.85. The Labute approximate surface area is 115 Å². The van der Waals surface area contributed by atoms with Crippen LogP contribution in [0.1, 0.15) is 18.5 Å². The molecular weight excluding hydrogens is 267 g/mol. The summed E-state index contributed by atoms with van der Waals surface area (Å²) in [5, 5.41) is 19.8. The molecule has 1 rings (SSSR count). The second-order valence-electron chi connectivity index (χ2n) is 4.33. The third-order valence-corrected chi connectivity index (χ3v) is 3.03. The fourth-order valence-corrected chi connectivity index (χ4v) is 1.63. The van der Waals surface area contributed by atoms with Crippen molar-refractivity contribution in [1.29, 1.82) is 0 Å². The van der Waals surface area contributed by atoms with Crippen molar-refractivity contribution in [1.82, 2.24) is 10.2 Å². The van der Waals surface area contributed by atoms with E-state index >= 15 is 0 Å². The molecule has 0 heterocycles. The van der Waals surface area contributed by atoms with Crippen LogP contribution in [0.2, 0.25) is 0 Å². The number of rotatable bonds is 5. The summed E-state index contributed by atoms with van der Waals surface area (Å²) in [6.45, 7) is 0.899. The van der Waals surface area contributed by atoms with Crippen LogP contribution in [0.25, 0.3) is 0 Å². The minimum Gasteiger partial charge on any atom is -0.480 e. The Hall–Kier alpha value is -2.15. The van der Waals surface area contributed by atoms with Crippen LogP contribution in [0.4, 0.5) is 9.18 Å². The van der Waals surface area contributed by atoms with Gasteiger partial charge < -0.3 is 20.4 Å². The predicted octanol–water partition coefficient (Wildman–Crippen LogP) is 0.974. The average molecular weight is 284 g/mol. The van der Waals surface area contributed by atoms with Crippen molar-refractivity contribution >= 4 is 12.0 Å². The van der Waals surface area contributed by atoms with Crippen LogP contribution in [0.5, 0.6) is 0 Å². The molecule has 110 valence electrons. The van der Waals surface area contributed by atoms with Crippen LogP contribution in [-0.4, -0.2) is 46.8 Å². The number of carbonyl (C=O) groups excluding carboxylic acids is 1. The number of amides is 2. The number of hydrogen-bond acceptors (Lipinski definition) is 3. The maximum absolute atomic E-state index is 13.6. The third kappa shape index (κ3) is 3.67. The van der Waals surface area contributed by atoms with E-state index in [-0.39, 0.29) is 0 Å². The van der Waals surface area contributed by atoms with Crippen molar-refractivity contribution in [3.05, 3.63) is 35.6 Å². The molecule has 1 aromatic carbocycles. The lowest BCUT2D eigenvalue weighted by atomic mass is 10.1. The van der Waals surface area contributed by atoms with Crippen molar-refractivity contribution in [3.63, 3.8) is 0 Å². The zero-order valence-corrected chi connectivity index (χ0v) is 11.2. The Balaban J connectivity index is 2.79. The summed E-state index contributed by atoms with van der Waals surface area (Å²) in [6, 6.07) is 3.34. The molecule has 0 bridgehead atoms. The number of benzene rings is 1. The van der Waals surface area contributed by atoms with Crippen molar-refractivity contribution in [2.24, 2.45) is 0 Å². The smallest absolute Gasteiger partial charge is 0.328 e. The zero-order valence-electron chi connectivity index (χ0n) is 11.2. The first-order valence-corrected chi connectivity index (χ1v) is 6.00. The summed E-state index contributed by atoms with van der Waals surface area (Å²) in [5.41, 5.74) is 0.320. The molecule has 0 aliphatic carbocycles. The number of nitrogens with one attached hydrogen (secondary N) is 1. The van der Waals surface area contributed by atoms with Gasteiger partial charge in [-0.15, -0.1) is 0 Å². The minimum atomic E-state index is -1.39. The van der Waals surface area contributed by atoms with Gasteiger partial charge in [0, 0.05) is 12.6 Å². The van der Waals surface area contributed by atoms with Gasteiger partial charge in [-0.3, -0.25) is 0 Å². The Morgan fingerprint density at radius 1 is 1.40 bits per heavy atom. The maximum Gasteiger partial charge on any atom is 0.328 e. The van der Waals surface area contributed by atoms with E-state index in [0.717, 1.165) is 0 Å². The molecule has 0 spiro atoms. The molecule has 0 saturated carbocycles. The molecular formula is C13H17FN2O4. The topological polar surface area (TPSA) is 89.9 Å². The van der Waals surface area contributed by atoms with Gasteiger partial charge in [0.2, 0.25) is 0 Å². The second-order valence-corrected chi connectivity index (χ2v) is 4.33. The fraction of sp³-hybridized carbons (Fsp3) is 0.385. The first-order valence-electron chi connectivity index (χ1n) is 6.00. The van der Waals surface area contributed by atoms with E-state index in [1.165, 1.54) is 24.1 Å². The highest BCUT2D eigenvalue weighted by Gasteiger charge is 2.24. The van der Waals surface area contributed by atoms with Crippen LogP contribution < -0.4 is 5.32 Å². The molecule has 2 atom stereocenters. The van der Waals surface area contributed by atoms with E-state index in [1.807, 2.05) is 0 Å². The molecule has 0 aromatic heterocycles. The van der Waals surface area contributed by atoms with E-state index < -0.39 is 36.5 Å². The van der Waals surface area contributed by atoms with Crippen molar-refractivity contribution in [2.75, 3.05) is 13.7 Å². The summed E-state index contributed by atoms with van der Waals surface area (Å²) in [6.07, 6.45) is 0. The number of hydrogen-bond donors (Lipinski definition) is 3. The largest absolute Gasteiger partial charge is 0.480 e. The Morgan fingerprint density at radius 2 is 2.00 bits per heavy atom. The Bertz CT molecular complexity index is 495. The number of aliphatic hydroxyl groups is 1. The van der Waals surface area contributed by atoms with Crippen molar-refractivity contribution < 1.29 is 24.2 Å². The molecule has 0 radical (unpaired) electrons. The lowest BCUT2D eigenvalue weighted by molar-refractivity contribution is -0.140. The summed E-state index contributed by atoms with van der Waals surface area (Å²) < 4.78 is 13.6. The first-order chi connectivity index (χ1) is 9.38. The van der Waals surface area contributed by atoms with Crippen LogP contribution in [0.15, 0.2) is 24.3 Å². The molecule has 2 amide bonds. The van der Waals surface area contributed by atoms with E-state index in [1.54, 1.807) is 19.1 Å². The number of urea groups is 1. The number of carbonyl (C=O) groups is 2. The molecule has 0 aliphatic heterocycles. The molecule has 0 saturated heterocycles. The normalized spacial score (nSPS) is 13.4. The quantitative estimate of drug-likeness (QED) is 0.751. The first kappa shape index (κ1) is 15.9. The van der Waals surface area contributed by atoms with Gasteiger partial charge in [0.05, 0.1) is 12.6 Å². The zero-order chi connectivity index (χ0) is 15.3. The minimum absolute atomic E-state index is 0.320. The van der Waals surface area contributed by atoms with Crippen molar-refractivity contribution in [3.8, 4) is 0 Å². The van der Waals surface area contributed by atoms with Crippen LogP contribution >= 0.6 is 0 Å². The highest BCUT2D eigenvalue weighted by atomic mass is 19.1. The van der Waals surface area contributed by atoms with E-state index in [9.17, 15) is 14.0 Å². The average Bonchev–Trinajstić information content (AvgIpc) is 2.43. The molecule has 1 aromatic rings. The fourth-order valence-electron chi connectivity index (χ4n) is 1.63. The van der Waals surface area contributed by atoms with E-state index in [0.29, 0.717) is 5.56 Å².